The lowest BCUT2D eigenvalue weighted by atomic mass is 10.2. The Morgan fingerprint density at radius 1 is 1.12 bits per heavy atom. The Balaban J connectivity index is 2.15. The molecule has 1 heterocycles. The SMILES string of the molecule is CN(C)C1=CC(=O)N(Cc2ccccc2)C1=O. The van der Waals surface area contributed by atoms with Crippen molar-refractivity contribution in [1.82, 2.24) is 9.80 Å². The van der Waals surface area contributed by atoms with Crippen LogP contribution in [0.25, 0.3) is 0 Å². The zero-order chi connectivity index (χ0) is 12.4. The molecule has 0 atom stereocenters. The summed E-state index contributed by atoms with van der Waals surface area (Å²) in [6.07, 6.45) is 1.38. The van der Waals surface area contributed by atoms with E-state index in [0.717, 1.165) is 5.56 Å². The Labute approximate surface area is 100 Å². The van der Waals surface area contributed by atoms with E-state index in [1.165, 1.54) is 11.0 Å². The summed E-state index contributed by atoms with van der Waals surface area (Å²) in [4.78, 5) is 26.6. The third kappa shape index (κ3) is 2.20. The average molecular weight is 230 g/mol. The van der Waals surface area contributed by atoms with E-state index >= 15 is 0 Å². The highest BCUT2D eigenvalue weighted by Crippen LogP contribution is 2.17. The van der Waals surface area contributed by atoms with Gasteiger partial charge in [-0.3, -0.25) is 14.5 Å². The summed E-state index contributed by atoms with van der Waals surface area (Å²) in [7, 11) is 3.51. The van der Waals surface area contributed by atoms with Crippen LogP contribution < -0.4 is 0 Å². The van der Waals surface area contributed by atoms with Crippen LogP contribution in [0.1, 0.15) is 5.56 Å². The van der Waals surface area contributed by atoms with Crippen molar-refractivity contribution >= 4 is 11.8 Å². The molecule has 2 amide bonds. The van der Waals surface area contributed by atoms with Crippen molar-refractivity contribution in [2.45, 2.75) is 6.54 Å². The molecule has 4 heteroatoms. The molecule has 0 bridgehead atoms. The third-order valence-corrected chi connectivity index (χ3v) is 2.66. The van der Waals surface area contributed by atoms with E-state index in [1.54, 1.807) is 19.0 Å². The Bertz CT molecular complexity index is 477. The van der Waals surface area contributed by atoms with Crippen LogP contribution in [-0.2, 0) is 16.1 Å². The molecule has 0 saturated heterocycles. The Kier molecular flexibility index (Phi) is 2.95. The van der Waals surface area contributed by atoms with E-state index in [9.17, 15) is 9.59 Å². The predicted molar refractivity (Wildman–Crippen MR) is 63.8 cm³/mol. The molecular formula is C13H14N2O2. The molecule has 1 aliphatic rings. The van der Waals surface area contributed by atoms with Gasteiger partial charge in [-0.1, -0.05) is 30.3 Å². The molecule has 88 valence electrons. The minimum Gasteiger partial charge on any atom is -0.373 e. The van der Waals surface area contributed by atoms with Crippen molar-refractivity contribution in [1.29, 1.82) is 0 Å². The summed E-state index contributed by atoms with van der Waals surface area (Å²) in [5.41, 5.74) is 1.38. The van der Waals surface area contributed by atoms with Crippen molar-refractivity contribution in [3.8, 4) is 0 Å². The summed E-state index contributed by atoms with van der Waals surface area (Å²) in [5, 5.41) is 0. The van der Waals surface area contributed by atoms with Gasteiger partial charge in [0.1, 0.15) is 5.70 Å². The maximum absolute atomic E-state index is 12.0. The molecule has 17 heavy (non-hydrogen) atoms. The fraction of sp³-hybridized carbons (Fsp3) is 0.231. The van der Waals surface area contributed by atoms with E-state index in [4.69, 9.17) is 0 Å². The maximum Gasteiger partial charge on any atom is 0.277 e. The van der Waals surface area contributed by atoms with Gasteiger partial charge >= 0.3 is 0 Å². The second-order valence-corrected chi connectivity index (χ2v) is 4.14. The fourth-order valence-electron chi connectivity index (χ4n) is 1.73. The highest BCUT2D eigenvalue weighted by molar-refractivity contribution is 6.15. The van der Waals surface area contributed by atoms with Gasteiger partial charge in [0, 0.05) is 20.2 Å². The summed E-state index contributed by atoms with van der Waals surface area (Å²) >= 11 is 0. The normalized spacial score (nSPS) is 15.2. The number of carbonyl (C=O) groups is 2. The van der Waals surface area contributed by atoms with Crippen molar-refractivity contribution in [3.05, 3.63) is 47.7 Å². The number of imide groups is 1. The van der Waals surface area contributed by atoms with E-state index in [1.807, 2.05) is 30.3 Å². The van der Waals surface area contributed by atoms with E-state index < -0.39 is 0 Å². The first-order valence-electron chi connectivity index (χ1n) is 5.38. The van der Waals surface area contributed by atoms with Crippen LogP contribution in [0.5, 0.6) is 0 Å². The largest absolute Gasteiger partial charge is 0.373 e. The first-order valence-corrected chi connectivity index (χ1v) is 5.38. The first-order chi connectivity index (χ1) is 8.09. The van der Waals surface area contributed by atoms with E-state index in [0.29, 0.717) is 12.2 Å². The zero-order valence-corrected chi connectivity index (χ0v) is 9.88. The quantitative estimate of drug-likeness (QED) is 0.727. The molecule has 4 nitrogen and oxygen atoms in total. The Hall–Kier alpha value is -2.10. The van der Waals surface area contributed by atoms with Crippen LogP contribution in [0, 0.1) is 0 Å². The van der Waals surface area contributed by atoms with Gasteiger partial charge in [0.05, 0.1) is 6.54 Å². The van der Waals surface area contributed by atoms with Gasteiger partial charge in [-0.15, -0.1) is 0 Å². The van der Waals surface area contributed by atoms with Gasteiger partial charge in [-0.25, -0.2) is 0 Å². The van der Waals surface area contributed by atoms with Crippen molar-refractivity contribution in [2.75, 3.05) is 14.1 Å². The van der Waals surface area contributed by atoms with Crippen molar-refractivity contribution in [3.63, 3.8) is 0 Å². The second kappa shape index (κ2) is 4.41. The monoisotopic (exact) mass is 230 g/mol. The number of rotatable bonds is 3. The van der Waals surface area contributed by atoms with Crippen molar-refractivity contribution in [2.24, 2.45) is 0 Å². The highest BCUT2D eigenvalue weighted by atomic mass is 16.2. The van der Waals surface area contributed by atoms with Crippen LogP contribution in [0.15, 0.2) is 42.1 Å². The Morgan fingerprint density at radius 2 is 1.76 bits per heavy atom. The molecule has 1 aliphatic heterocycles. The number of carbonyl (C=O) groups excluding carboxylic acids is 2. The zero-order valence-electron chi connectivity index (χ0n) is 9.88. The number of nitrogens with zero attached hydrogens (tertiary/aromatic N) is 2. The van der Waals surface area contributed by atoms with E-state index in [2.05, 4.69) is 0 Å². The topological polar surface area (TPSA) is 40.6 Å². The maximum atomic E-state index is 12.0. The summed E-state index contributed by atoms with van der Waals surface area (Å²) in [6, 6.07) is 9.48. The van der Waals surface area contributed by atoms with Gasteiger partial charge < -0.3 is 4.90 Å². The fourth-order valence-corrected chi connectivity index (χ4v) is 1.73. The molecular weight excluding hydrogens is 216 g/mol. The van der Waals surface area contributed by atoms with Gasteiger partial charge in [-0.05, 0) is 5.56 Å². The van der Waals surface area contributed by atoms with Gasteiger partial charge in [-0.2, -0.15) is 0 Å². The lowest BCUT2D eigenvalue weighted by Crippen LogP contribution is -2.32. The molecule has 0 aromatic heterocycles. The number of hydrogen-bond donors (Lipinski definition) is 0. The van der Waals surface area contributed by atoms with Crippen LogP contribution in [0.2, 0.25) is 0 Å². The summed E-state index contributed by atoms with van der Waals surface area (Å²) < 4.78 is 0. The molecule has 0 fully saturated rings. The molecule has 0 aliphatic carbocycles. The van der Waals surface area contributed by atoms with Crippen molar-refractivity contribution < 1.29 is 9.59 Å². The molecule has 0 saturated carbocycles. The van der Waals surface area contributed by atoms with Crippen LogP contribution in [0.3, 0.4) is 0 Å². The molecule has 0 N–H and O–H groups in total. The lowest BCUT2D eigenvalue weighted by Gasteiger charge is -2.17. The number of likely N-dealkylation sites (N-methyl/N-ethyl adjacent to an activating group) is 1. The first kappa shape index (κ1) is 11.4. The van der Waals surface area contributed by atoms with Crippen LogP contribution in [-0.4, -0.2) is 35.7 Å². The van der Waals surface area contributed by atoms with Gasteiger partial charge in [0.15, 0.2) is 0 Å². The number of benzene rings is 1. The molecule has 0 spiro atoms. The molecule has 0 unspecified atom stereocenters. The standard InChI is InChI=1S/C13H14N2O2/c1-14(2)11-8-12(16)15(13(11)17)9-10-6-4-3-5-7-10/h3-8H,9H2,1-2H3. The predicted octanol–water partition coefficient (Wildman–Crippen LogP) is 1.00. The summed E-state index contributed by atoms with van der Waals surface area (Å²) in [6.45, 7) is 0.326. The molecule has 2 rings (SSSR count). The third-order valence-electron chi connectivity index (χ3n) is 2.66. The number of hydrogen-bond acceptors (Lipinski definition) is 3. The van der Waals surface area contributed by atoms with Gasteiger partial charge in [0.25, 0.3) is 11.8 Å². The molecule has 1 aromatic carbocycles. The van der Waals surface area contributed by atoms with Crippen LogP contribution in [0.4, 0.5) is 0 Å². The van der Waals surface area contributed by atoms with E-state index in [-0.39, 0.29) is 11.8 Å². The molecule has 1 aromatic rings. The minimum atomic E-state index is -0.248. The minimum absolute atomic E-state index is 0.233. The smallest absolute Gasteiger partial charge is 0.277 e. The summed E-state index contributed by atoms with van der Waals surface area (Å²) in [5.74, 6) is -0.480. The Morgan fingerprint density at radius 3 is 2.29 bits per heavy atom. The van der Waals surface area contributed by atoms with Gasteiger partial charge in [0.2, 0.25) is 0 Å². The molecule has 0 radical (unpaired) electrons. The highest BCUT2D eigenvalue weighted by Gasteiger charge is 2.31. The second-order valence-electron chi connectivity index (χ2n) is 4.14. The average Bonchev–Trinajstić information content (AvgIpc) is 2.58. The van der Waals surface area contributed by atoms with Crippen LogP contribution >= 0.6 is 0 Å². The lowest BCUT2D eigenvalue weighted by molar-refractivity contribution is -0.138. The number of amides is 2.